The summed E-state index contributed by atoms with van der Waals surface area (Å²) in [6, 6.07) is 0. The summed E-state index contributed by atoms with van der Waals surface area (Å²) < 4.78 is 5.38. The van der Waals surface area contributed by atoms with Crippen LogP contribution < -0.4 is 0 Å². The standard InChI is InChI=1S/C7H14O/c1-3-4-7-5-6(2)8-7/h6-7H,3-5H2,1-2H3/t6-,7+/m0/s1. The zero-order valence-electron chi connectivity index (χ0n) is 5.68. The summed E-state index contributed by atoms with van der Waals surface area (Å²) in [4.78, 5) is 0. The van der Waals surface area contributed by atoms with E-state index in [9.17, 15) is 0 Å². The lowest BCUT2D eigenvalue weighted by Gasteiger charge is -2.33. The summed E-state index contributed by atoms with van der Waals surface area (Å²) in [7, 11) is 0. The molecule has 0 bridgehead atoms. The molecule has 0 amide bonds. The molecule has 0 radical (unpaired) electrons. The van der Waals surface area contributed by atoms with Gasteiger partial charge < -0.3 is 4.74 Å². The zero-order valence-corrected chi connectivity index (χ0v) is 5.68. The minimum atomic E-state index is 0.548. The van der Waals surface area contributed by atoms with Gasteiger partial charge in [-0.1, -0.05) is 13.3 Å². The van der Waals surface area contributed by atoms with Crippen LogP contribution in [0.3, 0.4) is 0 Å². The molecular formula is C7H14O. The molecule has 2 atom stereocenters. The van der Waals surface area contributed by atoms with Crippen LogP contribution in [0.2, 0.25) is 0 Å². The molecule has 1 fully saturated rings. The first-order valence-electron chi connectivity index (χ1n) is 3.48. The predicted molar refractivity (Wildman–Crippen MR) is 33.9 cm³/mol. The first-order valence-corrected chi connectivity index (χ1v) is 3.48. The third-order valence-electron chi connectivity index (χ3n) is 1.63. The Kier molecular flexibility index (Phi) is 1.90. The molecule has 0 spiro atoms. The molecular weight excluding hydrogens is 100 g/mol. The Morgan fingerprint density at radius 1 is 1.62 bits per heavy atom. The Bertz CT molecular complexity index is 62.0. The fraction of sp³-hybridized carbons (Fsp3) is 1.00. The highest BCUT2D eigenvalue weighted by atomic mass is 16.5. The highest BCUT2D eigenvalue weighted by molar-refractivity contribution is 4.72. The van der Waals surface area contributed by atoms with Crippen molar-refractivity contribution in [1.29, 1.82) is 0 Å². The van der Waals surface area contributed by atoms with Crippen molar-refractivity contribution in [3.63, 3.8) is 0 Å². The van der Waals surface area contributed by atoms with Gasteiger partial charge in [-0.3, -0.25) is 0 Å². The van der Waals surface area contributed by atoms with Crippen molar-refractivity contribution in [3.05, 3.63) is 0 Å². The summed E-state index contributed by atoms with van der Waals surface area (Å²) in [6.45, 7) is 4.33. The monoisotopic (exact) mass is 114 g/mol. The first-order chi connectivity index (χ1) is 3.83. The largest absolute Gasteiger partial charge is 0.375 e. The molecule has 1 rings (SSSR count). The number of hydrogen-bond donors (Lipinski definition) is 0. The summed E-state index contributed by atoms with van der Waals surface area (Å²) in [5.74, 6) is 0. The van der Waals surface area contributed by atoms with Gasteiger partial charge in [0.05, 0.1) is 12.2 Å². The maximum Gasteiger partial charge on any atom is 0.0603 e. The molecule has 1 aliphatic rings. The van der Waals surface area contributed by atoms with Crippen LogP contribution >= 0.6 is 0 Å². The van der Waals surface area contributed by atoms with Crippen molar-refractivity contribution in [1.82, 2.24) is 0 Å². The highest BCUT2D eigenvalue weighted by Gasteiger charge is 2.24. The van der Waals surface area contributed by atoms with Gasteiger partial charge in [0.25, 0.3) is 0 Å². The quantitative estimate of drug-likeness (QED) is 0.533. The summed E-state index contributed by atoms with van der Waals surface area (Å²) in [5.41, 5.74) is 0. The maximum atomic E-state index is 5.38. The van der Waals surface area contributed by atoms with Gasteiger partial charge in [0, 0.05) is 0 Å². The van der Waals surface area contributed by atoms with Crippen LogP contribution in [0, 0.1) is 0 Å². The maximum absolute atomic E-state index is 5.38. The van der Waals surface area contributed by atoms with E-state index >= 15 is 0 Å². The minimum Gasteiger partial charge on any atom is -0.375 e. The average molecular weight is 114 g/mol. The van der Waals surface area contributed by atoms with E-state index in [4.69, 9.17) is 4.74 Å². The van der Waals surface area contributed by atoms with Crippen molar-refractivity contribution < 1.29 is 4.74 Å². The third-order valence-corrected chi connectivity index (χ3v) is 1.63. The number of hydrogen-bond acceptors (Lipinski definition) is 1. The van der Waals surface area contributed by atoms with Crippen LogP contribution in [-0.2, 0) is 4.74 Å². The van der Waals surface area contributed by atoms with Gasteiger partial charge in [-0.15, -0.1) is 0 Å². The minimum absolute atomic E-state index is 0.548. The van der Waals surface area contributed by atoms with Gasteiger partial charge >= 0.3 is 0 Å². The molecule has 0 saturated carbocycles. The smallest absolute Gasteiger partial charge is 0.0603 e. The van der Waals surface area contributed by atoms with Crippen molar-refractivity contribution in [2.75, 3.05) is 0 Å². The predicted octanol–water partition coefficient (Wildman–Crippen LogP) is 1.96. The van der Waals surface area contributed by atoms with E-state index in [0.29, 0.717) is 12.2 Å². The van der Waals surface area contributed by atoms with Crippen molar-refractivity contribution in [2.45, 2.75) is 45.3 Å². The Hall–Kier alpha value is -0.0400. The van der Waals surface area contributed by atoms with Gasteiger partial charge in [-0.25, -0.2) is 0 Å². The molecule has 1 heterocycles. The molecule has 48 valence electrons. The van der Waals surface area contributed by atoms with Gasteiger partial charge in [-0.2, -0.15) is 0 Å². The molecule has 8 heavy (non-hydrogen) atoms. The molecule has 0 N–H and O–H groups in total. The second-order valence-electron chi connectivity index (χ2n) is 2.59. The highest BCUT2D eigenvalue weighted by Crippen LogP contribution is 2.23. The Balaban J connectivity index is 1.98. The molecule has 1 aliphatic heterocycles. The van der Waals surface area contributed by atoms with Gasteiger partial charge in [0.15, 0.2) is 0 Å². The SMILES string of the molecule is CCC[C@@H]1C[C@H](C)O1. The lowest BCUT2D eigenvalue weighted by Crippen LogP contribution is -2.34. The van der Waals surface area contributed by atoms with Crippen molar-refractivity contribution >= 4 is 0 Å². The van der Waals surface area contributed by atoms with Gasteiger partial charge in [0.1, 0.15) is 0 Å². The van der Waals surface area contributed by atoms with Crippen LogP contribution in [0.1, 0.15) is 33.1 Å². The summed E-state index contributed by atoms with van der Waals surface area (Å²) >= 11 is 0. The van der Waals surface area contributed by atoms with E-state index < -0.39 is 0 Å². The first kappa shape index (κ1) is 6.09. The van der Waals surface area contributed by atoms with Gasteiger partial charge in [0.2, 0.25) is 0 Å². The molecule has 0 aromatic carbocycles. The second kappa shape index (κ2) is 2.49. The van der Waals surface area contributed by atoms with Crippen LogP contribution in [-0.4, -0.2) is 12.2 Å². The van der Waals surface area contributed by atoms with Gasteiger partial charge in [-0.05, 0) is 19.8 Å². The van der Waals surface area contributed by atoms with E-state index in [1.165, 1.54) is 19.3 Å². The Labute approximate surface area is 51.0 Å². The van der Waals surface area contributed by atoms with Crippen molar-refractivity contribution in [3.8, 4) is 0 Å². The van der Waals surface area contributed by atoms with Crippen LogP contribution in [0.25, 0.3) is 0 Å². The zero-order chi connectivity index (χ0) is 5.98. The lowest BCUT2D eigenvalue weighted by molar-refractivity contribution is -0.116. The topological polar surface area (TPSA) is 9.23 Å². The van der Waals surface area contributed by atoms with E-state index in [0.717, 1.165) is 0 Å². The van der Waals surface area contributed by atoms with Crippen molar-refractivity contribution in [2.24, 2.45) is 0 Å². The molecule has 1 saturated heterocycles. The Morgan fingerprint density at radius 2 is 2.25 bits per heavy atom. The third kappa shape index (κ3) is 1.22. The molecule has 1 nitrogen and oxygen atoms in total. The van der Waals surface area contributed by atoms with Crippen LogP contribution in [0.5, 0.6) is 0 Å². The lowest BCUT2D eigenvalue weighted by atomic mass is 10.0. The second-order valence-corrected chi connectivity index (χ2v) is 2.59. The molecule has 0 aromatic heterocycles. The van der Waals surface area contributed by atoms with E-state index in [2.05, 4.69) is 13.8 Å². The number of ether oxygens (including phenoxy) is 1. The van der Waals surface area contributed by atoms with E-state index in [1.807, 2.05) is 0 Å². The molecule has 0 aliphatic carbocycles. The molecule has 0 aromatic rings. The summed E-state index contributed by atoms with van der Waals surface area (Å²) in [5, 5.41) is 0. The fourth-order valence-electron chi connectivity index (χ4n) is 1.20. The van der Waals surface area contributed by atoms with E-state index in [1.54, 1.807) is 0 Å². The average Bonchev–Trinajstić information content (AvgIpc) is 1.64. The fourth-order valence-corrected chi connectivity index (χ4v) is 1.20. The number of rotatable bonds is 2. The molecule has 0 unspecified atom stereocenters. The van der Waals surface area contributed by atoms with Crippen LogP contribution in [0.15, 0.2) is 0 Å². The summed E-state index contributed by atoms with van der Waals surface area (Å²) in [6.07, 6.45) is 4.96. The van der Waals surface area contributed by atoms with E-state index in [-0.39, 0.29) is 0 Å². The Morgan fingerprint density at radius 3 is 2.62 bits per heavy atom. The van der Waals surface area contributed by atoms with Crippen LogP contribution in [0.4, 0.5) is 0 Å². The normalized spacial score (nSPS) is 36.8. The molecule has 1 heteroatoms.